The van der Waals surface area contributed by atoms with E-state index in [9.17, 15) is 40.3 Å². The van der Waals surface area contributed by atoms with Crippen LogP contribution >= 0.6 is 46.4 Å². The van der Waals surface area contributed by atoms with E-state index in [1.165, 1.54) is 12.1 Å². The zero-order valence-corrected chi connectivity index (χ0v) is 20.0. The summed E-state index contributed by atoms with van der Waals surface area (Å²) in [6.45, 7) is 0. The molecule has 3 rings (SSSR count). The smallest absolute Gasteiger partial charge is 0.326 e. The van der Waals surface area contributed by atoms with Gasteiger partial charge in [-0.2, -0.15) is 22.0 Å². The topological polar surface area (TPSA) is 46.2 Å². The van der Waals surface area contributed by atoms with E-state index < -0.39 is 75.0 Å². The summed E-state index contributed by atoms with van der Waals surface area (Å²) in [7, 11) is 0. The number of ketones is 1. The molecule has 0 aromatic heterocycles. The maximum atomic E-state index is 14.2. The van der Waals surface area contributed by atoms with Crippen LogP contribution in [0.4, 0.5) is 36.4 Å². The fraction of sp³-hybridized carbons (Fsp3) is 0.333. The van der Waals surface area contributed by atoms with Gasteiger partial charge in [0.05, 0.1) is 16.0 Å². The predicted octanol–water partition coefficient (Wildman–Crippen LogP) is 7.96. The van der Waals surface area contributed by atoms with Gasteiger partial charge in [0.1, 0.15) is 16.0 Å². The number of carbonyl (C=O) groups excluding carboxylic acids is 2. The lowest BCUT2D eigenvalue weighted by Crippen LogP contribution is -2.36. The Balaban J connectivity index is 1.78. The third kappa shape index (κ3) is 5.65. The highest BCUT2D eigenvalue weighted by atomic mass is 35.5. The van der Waals surface area contributed by atoms with Gasteiger partial charge in [0, 0.05) is 30.0 Å². The van der Waals surface area contributed by atoms with Crippen molar-refractivity contribution in [3.05, 3.63) is 63.1 Å². The van der Waals surface area contributed by atoms with Gasteiger partial charge in [-0.3, -0.25) is 9.59 Å². The van der Waals surface area contributed by atoms with Crippen LogP contribution < -0.4 is 5.32 Å². The molecule has 0 radical (unpaired) electrons. The third-order valence-electron chi connectivity index (χ3n) is 5.32. The molecule has 35 heavy (non-hydrogen) atoms. The number of alkyl halides is 7. The van der Waals surface area contributed by atoms with Crippen LogP contribution in [0.15, 0.2) is 30.3 Å². The van der Waals surface area contributed by atoms with Crippen LogP contribution in [-0.4, -0.2) is 28.1 Å². The summed E-state index contributed by atoms with van der Waals surface area (Å²) in [5, 5.41) is 1.19. The Morgan fingerprint density at radius 2 is 1.60 bits per heavy atom. The van der Waals surface area contributed by atoms with E-state index >= 15 is 0 Å². The van der Waals surface area contributed by atoms with Crippen LogP contribution in [0, 0.1) is 17.6 Å². The number of rotatable bonds is 7. The lowest BCUT2D eigenvalue weighted by Gasteiger charge is -2.19. The van der Waals surface area contributed by atoms with E-state index in [4.69, 9.17) is 46.4 Å². The molecular formula is C21H12Cl4F7NO2. The monoisotopic (exact) mass is 583 g/mol. The van der Waals surface area contributed by atoms with Crippen molar-refractivity contribution in [3.8, 4) is 0 Å². The van der Waals surface area contributed by atoms with Crippen LogP contribution in [-0.2, 0) is 4.79 Å². The molecule has 14 heteroatoms. The molecule has 1 amide bonds. The number of halogens is 11. The summed E-state index contributed by atoms with van der Waals surface area (Å²) in [5.41, 5.74) is -0.722. The van der Waals surface area contributed by atoms with E-state index in [0.29, 0.717) is 11.6 Å². The van der Waals surface area contributed by atoms with Crippen LogP contribution in [0.5, 0.6) is 0 Å². The summed E-state index contributed by atoms with van der Waals surface area (Å²) in [5.74, 6) is -11.2. The minimum atomic E-state index is -5.87. The Hall–Kier alpha value is -1.75. The molecule has 0 spiro atoms. The molecule has 0 saturated heterocycles. The second-order valence-electron chi connectivity index (χ2n) is 7.74. The zero-order chi connectivity index (χ0) is 26.5. The van der Waals surface area contributed by atoms with Gasteiger partial charge in [0.15, 0.2) is 5.78 Å². The highest BCUT2D eigenvalue weighted by Crippen LogP contribution is 2.65. The number of nitrogens with one attached hydrogen (secondary N) is 1. The standard InChI is InChI=1S/C21H12Cl4F7NO2/c22-11-5-8(1-2-12(11)26)15-16(20(15,24)25)18(35)33-9-6-10(17(23)13(27)7-9)14(34)3-4-19(28,29)21(30,31)32/h1-2,5-7,15-16H,3-4H2,(H,33,35). The van der Waals surface area contributed by atoms with Crippen molar-refractivity contribution in [1.29, 1.82) is 0 Å². The number of carbonyl (C=O) groups is 2. The SMILES string of the molecule is O=C(CCC(F)(F)C(F)(F)F)c1cc(NC(=O)C2C(c3ccc(F)c(Cl)c3)C2(Cl)Cl)cc(F)c1Cl. The molecule has 2 unspecified atom stereocenters. The molecule has 2 aromatic carbocycles. The van der Waals surface area contributed by atoms with Gasteiger partial charge in [-0.25, -0.2) is 8.78 Å². The first kappa shape index (κ1) is 27.8. The predicted molar refractivity (Wildman–Crippen MR) is 117 cm³/mol. The lowest BCUT2D eigenvalue weighted by molar-refractivity contribution is -0.283. The van der Waals surface area contributed by atoms with Crippen LogP contribution in [0.1, 0.15) is 34.7 Å². The van der Waals surface area contributed by atoms with Crippen molar-refractivity contribution in [1.82, 2.24) is 0 Å². The number of hydrogen-bond donors (Lipinski definition) is 1. The molecule has 190 valence electrons. The van der Waals surface area contributed by atoms with Gasteiger partial charge < -0.3 is 5.32 Å². The molecule has 1 aliphatic carbocycles. The maximum absolute atomic E-state index is 14.2. The molecule has 3 nitrogen and oxygen atoms in total. The van der Waals surface area contributed by atoms with Gasteiger partial charge in [-0.15, -0.1) is 23.2 Å². The second-order valence-corrected chi connectivity index (χ2v) is 9.97. The minimum absolute atomic E-state index is 0.239. The molecule has 1 N–H and O–H groups in total. The number of anilines is 1. The average Bonchev–Trinajstić information content (AvgIpc) is 3.32. The minimum Gasteiger partial charge on any atom is -0.326 e. The first-order valence-electron chi connectivity index (χ1n) is 9.57. The van der Waals surface area contributed by atoms with Gasteiger partial charge >= 0.3 is 12.1 Å². The van der Waals surface area contributed by atoms with Crippen molar-refractivity contribution < 1.29 is 40.3 Å². The Morgan fingerprint density at radius 3 is 2.17 bits per heavy atom. The number of Topliss-reactive ketones (excluding diaryl/α,β-unsaturated/α-hetero) is 1. The second kappa shape index (κ2) is 9.61. The summed E-state index contributed by atoms with van der Waals surface area (Å²) >= 11 is 23.8. The van der Waals surface area contributed by atoms with Crippen LogP contribution in [0.3, 0.4) is 0 Å². The molecule has 1 aliphatic rings. The normalized spacial score (nSPS) is 19.4. The van der Waals surface area contributed by atoms with E-state index in [0.717, 1.165) is 12.1 Å². The summed E-state index contributed by atoms with van der Waals surface area (Å²) in [6.07, 6.45) is -9.05. The molecule has 0 aliphatic heterocycles. The lowest BCUT2D eigenvalue weighted by atomic mass is 10.0. The maximum Gasteiger partial charge on any atom is 0.453 e. The van der Waals surface area contributed by atoms with Gasteiger partial charge in [0.2, 0.25) is 5.91 Å². The van der Waals surface area contributed by atoms with Crippen molar-refractivity contribution >= 4 is 63.8 Å². The van der Waals surface area contributed by atoms with Crippen LogP contribution in [0.2, 0.25) is 10.0 Å². The van der Waals surface area contributed by atoms with Crippen LogP contribution in [0.25, 0.3) is 0 Å². The summed E-state index contributed by atoms with van der Waals surface area (Å²) in [4.78, 5) is 24.9. The molecule has 2 aromatic rings. The fourth-order valence-corrected chi connectivity index (χ4v) is 4.64. The first-order valence-corrected chi connectivity index (χ1v) is 11.1. The summed E-state index contributed by atoms with van der Waals surface area (Å²) < 4.78 is 89.3. The quantitative estimate of drug-likeness (QED) is 0.204. The third-order valence-corrected chi connectivity index (χ3v) is 6.93. The molecule has 0 heterocycles. The van der Waals surface area contributed by atoms with Crippen molar-refractivity contribution in [2.24, 2.45) is 5.92 Å². The van der Waals surface area contributed by atoms with E-state index in [2.05, 4.69) is 5.32 Å². The number of hydrogen-bond acceptors (Lipinski definition) is 2. The zero-order valence-electron chi connectivity index (χ0n) is 16.9. The Kier molecular flexibility index (Phi) is 7.64. The molecule has 1 fully saturated rings. The van der Waals surface area contributed by atoms with Gasteiger partial charge in [-0.05, 0) is 29.8 Å². The Bertz CT molecular complexity index is 1190. The number of amides is 1. The number of benzene rings is 2. The highest BCUT2D eigenvalue weighted by Gasteiger charge is 2.67. The van der Waals surface area contributed by atoms with E-state index in [1.54, 1.807) is 0 Å². The van der Waals surface area contributed by atoms with Crippen molar-refractivity contribution in [2.45, 2.75) is 35.2 Å². The average molecular weight is 585 g/mol. The first-order chi connectivity index (χ1) is 16.0. The van der Waals surface area contributed by atoms with Gasteiger partial charge in [0.25, 0.3) is 0 Å². The van der Waals surface area contributed by atoms with Gasteiger partial charge in [-0.1, -0.05) is 29.3 Å². The highest BCUT2D eigenvalue weighted by molar-refractivity contribution is 6.53. The molecule has 0 bridgehead atoms. The Labute approximate surface area is 213 Å². The van der Waals surface area contributed by atoms with Crippen molar-refractivity contribution in [3.63, 3.8) is 0 Å². The van der Waals surface area contributed by atoms with E-state index in [1.807, 2.05) is 0 Å². The molecule has 1 saturated carbocycles. The fourth-order valence-electron chi connectivity index (χ4n) is 3.40. The largest absolute Gasteiger partial charge is 0.453 e. The molecular weight excluding hydrogens is 573 g/mol. The van der Waals surface area contributed by atoms with E-state index in [-0.39, 0.29) is 10.7 Å². The van der Waals surface area contributed by atoms with Crippen molar-refractivity contribution in [2.75, 3.05) is 5.32 Å². The Morgan fingerprint density at radius 1 is 0.971 bits per heavy atom. The molecule has 2 atom stereocenters. The summed E-state index contributed by atoms with van der Waals surface area (Å²) in [6, 6.07) is 5.12.